The summed E-state index contributed by atoms with van der Waals surface area (Å²) in [6.45, 7) is 6.68. The smallest absolute Gasteiger partial charge is 0.306 e. The van der Waals surface area contributed by atoms with Gasteiger partial charge < -0.3 is 14.2 Å². The van der Waals surface area contributed by atoms with Gasteiger partial charge >= 0.3 is 17.9 Å². The fourth-order valence-corrected chi connectivity index (χ4v) is 10.4. The van der Waals surface area contributed by atoms with Crippen LogP contribution in [0.15, 0.2) is 36.5 Å². The molecule has 0 fully saturated rings. The summed E-state index contributed by atoms with van der Waals surface area (Å²) < 4.78 is 17.0. The van der Waals surface area contributed by atoms with Crippen LogP contribution >= 0.6 is 0 Å². The SMILES string of the molecule is CCCCCC/C=C\C/C=C\CCCCCCCC(=O)OCC(COC(=O)CCCCCCCCCCCCCCCCCCCCCCCCCC)OC(=O)CCCCCCCCCCC/C=C\CCCCCCCC. The fourth-order valence-electron chi connectivity index (χ4n) is 10.4. The Bertz CT molecular complexity index is 1290. The molecule has 6 nitrogen and oxygen atoms in total. The first kappa shape index (κ1) is 74.6. The zero-order chi connectivity index (χ0) is 55.7. The molecule has 0 aliphatic carbocycles. The van der Waals surface area contributed by atoms with Crippen molar-refractivity contribution < 1.29 is 28.6 Å². The number of allylic oxidation sites excluding steroid dienone is 6. The molecule has 0 rings (SSSR count). The van der Waals surface area contributed by atoms with E-state index < -0.39 is 6.10 Å². The lowest BCUT2D eigenvalue weighted by molar-refractivity contribution is -0.167. The van der Waals surface area contributed by atoms with Gasteiger partial charge in [0.2, 0.25) is 0 Å². The van der Waals surface area contributed by atoms with Gasteiger partial charge in [0.25, 0.3) is 0 Å². The molecular weight excluding hydrogens is 949 g/mol. The number of esters is 3. The van der Waals surface area contributed by atoms with Crippen molar-refractivity contribution in [2.45, 2.75) is 386 Å². The van der Waals surface area contributed by atoms with Crippen molar-refractivity contribution >= 4 is 17.9 Å². The normalized spacial score (nSPS) is 12.2. The number of hydrogen-bond donors (Lipinski definition) is 0. The minimum absolute atomic E-state index is 0.0729. The molecule has 0 N–H and O–H groups in total. The second kappa shape index (κ2) is 66.1. The standard InChI is InChI=1S/C71H132O6/c1-4-7-10-13-16-19-22-25-28-31-33-34-35-36-37-39-40-43-46-49-52-55-58-61-64-70(73)76-67-68(66-75-69(72)63-60-57-54-51-48-45-42-30-27-24-21-18-15-12-9-6-3)77-71(74)65-62-59-56-53-50-47-44-41-38-32-29-26-23-20-17-14-11-8-5-2/h21,24,26,29-30,42,68H,4-20,22-23,25,27-28,31-41,43-67H2,1-3H3/b24-21-,29-26-,42-30-. The zero-order valence-corrected chi connectivity index (χ0v) is 52.0. The Balaban J connectivity index is 4.29. The van der Waals surface area contributed by atoms with Crippen LogP contribution in [0.4, 0.5) is 0 Å². The number of carbonyl (C=O) groups excluding carboxylic acids is 3. The fraction of sp³-hybridized carbons (Fsp3) is 0.873. The first-order valence-corrected chi connectivity index (χ1v) is 34.5. The minimum atomic E-state index is -0.778. The van der Waals surface area contributed by atoms with Gasteiger partial charge in [-0.05, 0) is 77.0 Å². The van der Waals surface area contributed by atoms with E-state index in [1.807, 2.05) is 0 Å². The van der Waals surface area contributed by atoms with Gasteiger partial charge in [0.05, 0.1) is 0 Å². The third-order valence-electron chi connectivity index (χ3n) is 15.6. The summed E-state index contributed by atoms with van der Waals surface area (Å²) in [6, 6.07) is 0. The Hall–Kier alpha value is -2.37. The van der Waals surface area contributed by atoms with Gasteiger partial charge in [-0.25, -0.2) is 0 Å². The average molecular weight is 1080 g/mol. The maximum atomic E-state index is 12.9. The van der Waals surface area contributed by atoms with Crippen LogP contribution in [-0.4, -0.2) is 37.2 Å². The van der Waals surface area contributed by atoms with Gasteiger partial charge in [-0.3, -0.25) is 14.4 Å². The van der Waals surface area contributed by atoms with Crippen LogP contribution in [0.2, 0.25) is 0 Å². The van der Waals surface area contributed by atoms with E-state index in [0.717, 1.165) is 77.0 Å². The molecule has 0 amide bonds. The first-order chi connectivity index (χ1) is 38.0. The molecule has 0 bridgehead atoms. The number of hydrogen-bond acceptors (Lipinski definition) is 6. The van der Waals surface area contributed by atoms with E-state index in [2.05, 4.69) is 57.2 Å². The van der Waals surface area contributed by atoms with Gasteiger partial charge in [-0.2, -0.15) is 0 Å². The summed E-state index contributed by atoms with van der Waals surface area (Å²) in [5.74, 6) is -0.862. The van der Waals surface area contributed by atoms with Gasteiger partial charge in [0.15, 0.2) is 6.10 Å². The average Bonchev–Trinajstić information content (AvgIpc) is 3.43. The van der Waals surface area contributed by atoms with Crippen molar-refractivity contribution in [1.29, 1.82) is 0 Å². The van der Waals surface area contributed by atoms with E-state index >= 15 is 0 Å². The summed E-state index contributed by atoms with van der Waals surface area (Å²) in [5, 5.41) is 0. The maximum Gasteiger partial charge on any atom is 0.306 e. The molecule has 0 saturated carbocycles. The molecule has 0 aromatic carbocycles. The predicted octanol–water partition coefficient (Wildman–Crippen LogP) is 23.6. The highest BCUT2D eigenvalue weighted by Crippen LogP contribution is 2.18. The van der Waals surface area contributed by atoms with Crippen molar-refractivity contribution in [2.75, 3.05) is 13.2 Å². The molecule has 1 atom stereocenters. The molecule has 6 heteroatoms. The van der Waals surface area contributed by atoms with E-state index in [9.17, 15) is 14.4 Å². The van der Waals surface area contributed by atoms with E-state index in [1.165, 1.54) is 263 Å². The van der Waals surface area contributed by atoms with Gasteiger partial charge in [-0.1, -0.05) is 320 Å². The Labute approximate surface area is 480 Å². The molecule has 0 aromatic rings. The van der Waals surface area contributed by atoms with E-state index in [0.29, 0.717) is 19.3 Å². The van der Waals surface area contributed by atoms with Crippen LogP contribution in [0.5, 0.6) is 0 Å². The minimum Gasteiger partial charge on any atom is -0.462 e. The Morgan fingerprint density at radius 2 is 0.468 bits per heavy atom. The van der Waals surface area contributed by atoms with Crippen molar-refractivity contribution in [1.82, 2.24) is 0 Å². The Morgan fingerprint density at radius 3 is 0.740 bits per heavy atom. The summed E-state index contributed by atoms with van der Waals surface area (Å²) in [7, 11) is 0. The summed E-state index contributed by atoms with van der Waals surface area (Å²) in [5.41, 5.74) is 0. The maximum absolute atomic E-state index is 12.9. The number of carbonyl (C=O) groups is 3. The molecular formula is C71H132O6. The second-order valence-electron chi connectivity index (χ2n) is 23.4. The number of unbranched alkanes of at least 4 members (excludes halogenated alkanes) is 47. The molecule has 1 unspecified atom stereocenters. The lowest BCUT2D eigenvalue weighted by atomic mass is 10.0. The van der Waals surface area contributed by atoms with Gasteiger partial charge in [0, 0.05) is 19.3 Å². The van der Waals surface area contributed by atoms with Gasteiger partial charge in [0.1, 0.15) is 13.2 Å². The topological polar surface area (TPSA) is 78.9 Å². The van der Waals surface area contributed by atoms with Crippen molar-refractivity contribution in [3.63, 3.8) is 0 Å². The summed E-state index contributed by atoms with van der Waals surface area (Å²) in [6.07, 6.45) is 81.6. The Kier molecular flexibility index (Phi) is 64.1. The van der Waals surface area contributed by atoms with Crippen LogP contribution in [0.25, 0.3) is 0 Å². The van der Waals surface area contributed by atoms with Crippen LogP contribution in [0.1, 0.15) is 380 Å². The van der Waals surface area contributed by atoms with E-state index in [1.54, 1.807) is 0 Å². The van der Waals surface area contributed by atoms with E-state index in [4.69, 9.17) is 14.2 Å². The van der Waals surface area contributed by atoms with Crippen LogP contribution in [-0.2, 0) is 28.6 Å². The largest absolute Gasteiger partial charge is 0.462 e. The lowest BCUT2D eigenvalue weighted by Gasteiger charge is -2.18. The molecule has 0 radical (unpaired) electrons. The number of ether oxygens (including phenoxy) is 3. The van der Waals surface area contributed by atoms with Crippen molar-refractivity contribution in [3.8, 4) is 0 Å². The molecule has 0 aromatic heterocycles. The highest BCUT2D eigenvalue weighted by atomic mass is 16.6. The molecule has 0 heterocycles. The highest BCUT2D eigenvalue weighted by molar-refractivity contribution is 5.71. The first-order valence-electron chi connectivity index (χ1n) is 34.5. The van der Waals surface area contributed by atoms with Crippen LogP contribution in [0.3, 0.4) is 0 Å². The predicted molar refractivity (Wildman–Crippen MR) is 335 cm³/mol. The van der Waals surface area contributed by atoms with Crippen molar-refractivity contribution in [2.24, 2.45) is 0 Å². The molecule has 0 aliphatic heterocycles. The van der Waals surface area contributed by atoms with Gasteiger partial charge in [-0.15, -0.1) is 0 Å². The van der Waals surface area contributed by atoms with Crippen LogP contribution in [0, 0.1) is 0 Å². The quantitative estimate of drug-likeness (QED) is 0.0261. The summed E-state index contributed by atoms with van der Waals surface area (Å²) in [4.78, 5) is 38.4. The molecule has 0 spiro atoms. The monoisotopic (exact) mass is 1080 g/mol. The third kappa shape index (κ3) is 64.3. The number of rotatable bonds is 64. The third-order valence-corrected chi connectivity index (χ3v) is 15.6. The highest BCUT2D eigenvalue weighted by Gasteiger charge is 2.19. The van der Waals surface area contributed by atoms with E-state index in [-0.39, 0.29) is 31.1 Å². The zero-order valence-electron chi connectivity index (χ0n) is 52.0. The molecule has 452 valence electrons. The second-order valence-corrected chi connectivity index (χ2v) is 23.4. The van der Waals surface area contributed by atoms with Crippen LogP contribution < -0.4 is 0 Å². The van der Waals surface area contributed by atoms with Crippen molar-refractivity contribution in [3.05, 3.63) is 36.5 Å². The summed E-state index contributed by atoms with van der Waals surface area (Å²) >= 11 is 0. The molecule has 77 heavy (non-hydrogen) atoms. The lowest BCUT2D eigenvalue weighted by Crippen LogP contribution is -2.30. The Morgan fingerprint density at radius 1 is 0.260 bits per heavy atom. The molecule has 0 aliphatic rings. The molecule has 0 saturated heterocycles.